The molecule has 0 atom stereocenters. The lowest BCUT2D eigenvalue weighted by Gasteiger charge is -2.26. The summed E-state index contributed by atoms with van der Waals surface area (Å²) in [5, 5.41) is 2.72. The van der Waals surface area contributed by atoms with Crippen molar-refractivity contribution in [2.24, 2.45) is 0 Å². The third-order valence-corrected chi connectivity index (χ3v) is 4.86. The van der Waals surface area contributed by atoms with Gasteiger partial charge in [0, 0.05) is 37.3 Å². The first-order valence-corrected chi connectivity index (χ1v) is 8.89. The SMILES string of the molecule is CCN1CCn2c(nc3cc(C(=O)NCc4ccccc4F)ccc32)C1=O. The van der Waals surface area contributed by atoms with Gasteiger partial charge in [-0.25, -0.2) is 9.37 Å². The molecule has 0 radical (unpaired) electrons. The van der Waals surface area contributed by atoms with Crippen molar-refractivity contribution in [2.75, 3.05) is 13.1 Å². The van der Waals surface area contributed by atoms with E-state index >= 15 is 0 Å². The number of fused-ring (bicyclic) bond motifs is 3. The molecule has 1 aromatic heterocycles. The highest BCUT2D eigenvalue weighted by molar-refractivity contribution is 5.99. The van der Waals surface area contributed by atoms with Crippen molar-refractivity contribution in [1.29, 1.82) is 0 Å². The van der Waals surface area contributed by atoms with E-state index in [9.17, 15) is 14.0 Å². The Hall–Kier alpha value is -3.22. The van der Waals surface area contributed by atoms with Crippen molar-refractivity contribution in [1.82, 2.24) is 19.8 Å². The summed E-state index contributed by atoms with van der Waals surface area (Å²) >= 11 is 0. The number of benzene rings is 2. The molecule has 6 nitrogen and oxygen atoms in total. The number of halogens is 1. The van der Waals surface area contributed by atoms with Gasteiger partial charge in [0.1, 0.15) is 5.82 Å². The molecule has 138 valence electrons. The number of nitrogens with one attached hydrogen (secondary N) is 1. The number of hydrogen-bond acceptors (Lipinski definition) is 3. The summed E-state index contributed by atoms with van der Waals surface area (Å²) in [4.78, 5) is 31.1. The summed E-state index contributed by atoms with van der Waals surface area (Å²) in [6, 6.07) is 11.5. The van der Waals surface area contributed by atoms with Crippen LogP contribution in [0.25, 0.3) is 11.0 Å². The highest BCUT2D eigenvalue weighted by Gasteiger charge is 2.27. The van der Waals surface area contributed by atoms with Crippen LogP contribution in [0.3, 0.4) is 0 Å². The minimum absolute atomic E-state index is 0.0921. The van der Waals surface area contributed by atoms with Crippen LogP contribution < -0.4 is 5.32 Å². The fraction of sp³-hybridized carbons (Fsp3) is 0.250. The Morgan fingerprint density at radius 2 is 2.04 bits per heavy atom. The maximum absolute atomic E-state index is 13.7. The number of imidazole rings is 1. The van der Waals surface area contributed by atoms with Crippen LogP contribution in [-0.4, -0.2) is 39.4 Å². The van der Waals surface area contributed by atoms with Gasteiger partial charge in [0.2, 0.25) is 0 Å². The van der Waals surface area contributed by atoms with Crippen LogP contribution in [0.1, 0.15) is 33.5 Å². The van der Waals surface area contributed by atoms with Crippen LogP contribution in [0, 0.1) is 5.82 Å². The number of amides is 2. The largest absolute Gasteiger partial charge is 0.348 e. The fourth-order valence-corrected chi connectivity index (χ4v) is 3.35. The van der Waals surface area contributed by atoms with Gasteiger partial charge in [-0.3, -0.25) is 9.59 Å². The van der Waals surface area contributed by atoms with E-state index in [0.717, 1.165) is 5.52 Å². The molecule has 0 spiro atoms. The van der Waals surface area contributed by atoms with E-state index in [0.29, 0.717) is 42.1 Å². The normalized spacial score (nSPS) is 13.7. The molecule has 0 saturated carbocycles. The predicted molar refractivity (Wildman–Crippen MR) is 98.9 cm³/mol. The van der Waals surface area contributed by atoms with Gasteiger partial charge in [0.15, 0.2) is 5.82 Å². The molecule has 7 heteroatoms. The van der Waals surface area contributed by atoms with Crippen LogP contribution in [0.2, 0.25) is 0 Å². The predicted octanol–water partition coefficient (Wildman–Crippen LogP) is 2.58. The number of rotatable bonds is 4. The molecule has 0 bridgehead atoms. The molecule has 2 heterocycles. The Bertz CT molecular complexity index is 1040. The average Bonchev–Trinajstić information content (AvgIpc) is 3.06. The lowest BCUT2D eigenvalue weighted by Crippen LogP contribution is -2.40. The molecule has 3 aromatic rings. The van der Waals surface area contributed by atoms with E-state index in [1.54, 1.807) is 41.3 Å². The Labute approximate surface area is 155 Å². The van der Waals surface area contributed by atoms with E-state index in [4.69, 9.17) is 0 Å². The van der Waals surface area contributed by atoms with E-state index in [2.05, 4.69) is 10.3 Å². The number of likely N-dealkylation sites (N-methyl/N-ethyl adjacent to an activating group) is 1. The molecule has 1 N–H and O–H groups in total. The minimum Gasteiger partial charge on any atom is -0.348 e. The van der Waals surface area contributed by atoms with Crippen LogP contribution in [-0.2, 0) is 13.1 Å². The minimum atomic E-state index is -0.353. The molecule has 2 amide bonds. The molecular weight excluding hydrogens is 347 g/mol. The Balaban J connectivity index is 1.58. The first-order valence-electron chi connectivity index (χ1n) is 8.89. The van der Waals surface area contributed by atoms with Crippen LogP contribution >= 0.6 is 0 Å². The Morgan fingerprint density at radius 3 is 2.81 bits per heavy atom. The van der Waals surface area contributed by atoms with Crippen LogP contribution in [0.5, 0.6) is 0 Å². The van der Waals surface area contributed by atoms with Gasteiger partial charge in [-0.2, -0.15) is 0 Å². The monoisotopic (exact) mass is 366 g/mol. The van der Waals surface area contributed by atoms with Crippen molar-refractivity contribution in [3.05, 3.63) is 65.2 Å². The highest BCUT2D eigenvalue weighted by atomic mass is 19.1. The van der Waals surface area contributed by atoms with Crippen LogP contribution in [0.15, 0.2) is 42.5 Å². The highest BCUT2D eigenvalue weighted by Crippen LogP contribution is 2.22. The summed E-state index contributed by atoms with van der Waals surface area (Å²) in [5.74, 6) is -0.353. The molecule has 0 unspecified atom stereocenters. The van der Waals surface area contributed by atoms with Gasteiger partial charge in [0.25, 0.3) is 11.8 Å². The van der Waals surface area contributed by atoms with Crippen molar-refractivity contribution >= 4 is 22.8 Å². The van der Waals surface area contributed by atoms with Gasteiger partial charge in [-0.15, -0.1) is 0 Å². The maximum Gasteiger partial charge on any atom is 0.289 e. The number of carbonyl (C=O) groups is 2. The number of aromatic nitrogens is 2. The van der Waals surface area contributed by atoms with Crippen molar-refractivity contribution < 1.29 is 14.0 Å². The zero-order valence-electron chi connectivity index (χ0n) is 14.9. The van der Waals surface area contributed by atoms with Gasteiger partial charge in [-0.05, 0) is 31.2 Å². The second kappa shape index (κ2) is 6.83. The lowest BCUT2D eigenvalue weighted by atomic mass is 10.1. The third-order valence-electron chi connectivity index (χ3n) is 4.86. The zero-order chi connectivity index (χ0) is 19.0. The van der Waals surface area contributed by atoms with Crippen molar-refractivity contribution in [2.45, 2.75) is 20.0 Å². The molecule has 27 heavy (non-hydrogen) atoms. The topological polar surface area (TPSA) is 67.2 Å². The molecule has 2 aromatic carbocycles. The third kappa shape index (κ3) is 3.05. The summed E-state index contributed by atoms with van der Waals surface area (Å²) in [7, 11) is 0. The molecule has 4 rings (SSSR count). The molecular formula is C20H19FN4O2. The van der Waals surface area contributed by atoms with Gasteiger partial charge < -0.3 is 14.8 Å². The summed E-state index contributed by atoms with van der Waals surface area (Å²) < 4.78 is 15.6. The molecule has 0 saturated heterocycles. The molecule has 1 aliphatic heterocycles. The maximum atomic E-state index is 13.7. The van der Waals surface area contributed by atoms with E-state index in [1.807, 2.05) is 11.5 Å². The summed E-state index contributed by atoms with van der Waals surface area (Å²) in [6.45, 7) is 4.02. The Kier molecular flexibility index (Phi) is 4.35. The van der Waals surface area contributed by atoms with Crippen molar-refractivity contribution in [3.8, 4) is 0 Å². The van der Waals surface area contributed by atoms with E-state index in [1.165, 1.54) is 6.07 Å². The van der Waals surface area contributed by atoms with E-state index < -0.39 is 0 Å². The quantitative estimate of drug-likeness (QED) is 0.772. The first kappa shape index (κ1) is 17.2. The second-order valence-corrected chi connectivity index (χ2v) is 6.45. The number of nitrogens with zero attached hydrogens (tertiary/aromatic N) is 3. The zero-order valence-corrected chi connectivity index (χ0v) is 14.9. The first-order chi connectivity index (χ1) is 13.1. The summed E-state index contributed by atoms with van der Waals surface area (Å²) in [5.41, 5.74) is 2.29. The number of carbonyl (C=O) groups excluding carboxylic acids is 2. The second-order valence-electron chi connectivity index (χ2n) is 6.45. The average molecular weight is 366 g/mol. The number of hydrogen-bond donors (Lipinski definition) is 1. The molecule has 1 aliphatic rings. The lowest BCUT2D eigenvalue weighted by molar-refractivity contribution is 0.0709. The van der Waals surface area contributed by atoms with Gasteiger partial charge in [0.05, 0.1) is 11.0 Å². The molecule has 0 fully saturated rings. The molecule has 0 aliphatic carbocycles. The van der Waals surface area contributed by atoms with Crippen LogP contribution in [0.4, 0.5) is 4.39 Å². The van der Waals surface area contributed by atoms with Crippen molar-refractivity contribution in [3.63, 3.8) is 0 Å². The van der Waals surface area contributed by atoms with Gasteiger partial charge >= 0.3 is 0 Å². The van der Waals surface area contributed by atoms with Gasteiger partial charge in [-0.1, -0.05) is 18.2 Å². The Morgan fingerprint density at radius 1 is 1.22 bits per heavy atom. The fourth-order valence-electron chi connectivity index (χ4n) is 3.35. The van der Waals surface area contributed by atoms with E-state index in [-0.39, 0.29) is 24.2 Å². The standard InChI is InChI=1S/C20H19FN4O2/c1-2-24-9-10-25-17-8-7-13(11-16(17)23-18(25)20(24)27)19(26)22-12-14-5-3-4-6-15(14)21/h3-8,11H,2,9-10,12H2,1H3,(H,22,26). The summed E-state index contributed by atoms with van der Waals surface area (Å²) in [6.07, 6.45) is 0. The smallest absolute Gasteiger partial charge is 0.289 e.